The van der Waals surface area contributed by atoms with E-state index >= 15 is 0 Å². The zero-order chi connectivity index (χ0) is 12.5. The first-order valence-corrected chi connectivity index (χ1v) is 7.39. The molecular formula is C12H14ClNO3S. The van der Waals surface area contributed by atoms with Crippen LogP contribution >= 0.6 is 22.9 Å². The number of nitrogens with zero attached hydrogens (tertiary/aromatic N) is 1. The minimum absolute atomic E-state index is 0.180. The average Bonchev–Trinajstić information content (AvgIpc) is 2.95. The van der Waals surface area contributed by atoms with E-state index in [9.17, 15) is 4.79 Å². The Bertz CT molecular complexity index is 462. The van der Waals surface area contributed by atoms with Gasteiger partial charge < -0.3 is 14.4 Å². The van der Waals surface area contributed by atoms with Crippen LogP contribution in [0.1, 0.15) is 11.3 Å². The van der Waals surface area contributed by atoms with Gasteiger partial charge in [0, 0.05) is 24.2 Å². The van der Waals surface area contributed by atoms with Crippen molar-refractivity contribution in [2.45, 2.75) is 13.0 Å². The molecule has 1 saturated heterocycles. The van der Waals surface area contributed by atoms with Crippen LogP contribution < -0.4 is 9.47 Å². The molecule has 98 valence electrons. The van der Waals surface area contributed by atoms with Crippen LogP contribution in [0, 0.1) is 5.92 Å². The van der Waals surface area contributed by atoms with Crippen LogP contribution in [0.3, 0.4) is 0 Å². The van der Waals surface area contributed by atoms with Crippen molar-refractivity contribution in [3.63, 3.8) is 0 Å². The third-order valence-corrected chi connectivity index (χ3v) is 4.59. The smallest absolute Gasteiger partial charge is 0.223 e. The molecular weight excluding hydrogens is 274 g/mol. The highest BCUT2D eigenvalue weighted by molar-refractivity contribution is 7.10. The first-order chi connectivity index (χ1) is 8.78. The van der Waals surface area contributed by atoms with Crippen LogP contribution in [0.15, 0.2) is 5.38 Å². The Morgan fingerprint density at radius 2 is 2.28 bits per heavy atom. The van der Waals surface area contributed by atoms with Crippen LogP contribution in [0.2, 0.25) is 0 Å². The summed E-state index contributed by atoms with van der Waals surface area (Å²) in [6.07, 6.45) is 0.564. The predicted molar refractivity (Wildman–Crippen MR) is 69.6 cm³/mol. The number of ether oxygens (including phenoxy) is 2. The van der Waals surface area contributed by atoms with E-state index in [0.717, 1.165) is 22.9 Å². The average molecular weight is 288 g/mol. The second-order valence-corrected chi connectivity index (χ2v) is 5.82. The van der Waals surface area contributed by atoms with Crippen LogP contribution in [0.4, 0.5) is 0 Å². The molecule has 0 bridgehead atoms. The molecule has 18 heavy (non-hydrogen) atoms. The predicted octanol–water partition coefficient (Wildman–Crippen LogP) is 2.11. The van der Waals surface area contributed by atoms with Crippen LogP contribution in [0.5, 0.6) is 11.5 Å². The lowest BCUT2D eigenvalue weighted by atomic mass is 10.1. The summed E-state index contributed by atoms with van der Waals surface area (Å²) in [5.74, 6) is 2.63. The molecule has 1 fully saturated rings. The quantitative estimate of drug-likeness (QED) is 0.799. The second-order valence-electron chi connectivity index (χ2n) is 4.55. The van der Waals surface area contributed by atoms with E-state index in [2.05, 4.69) is 0 Å². The van der Waals surface area contributed by atoms with Gasteiger partial charge >= 0.3 is 0 Å². The number of alkyl halides is 1. The molecule has 3 rings (SSSR count). The van der Waals surface area contributed by atoms with Gasteiger partial charge in [0.2, 0.25) is 5.91 Å². The second kappa shape index (κ2) is 4.97. The molecule has 0 N–H and O–H groups in total. The highest BCUT2D eigenvalue weighted by atomic mass is 35.5. The molecule has 1 amide bonds. The Morgan fingerprint density at radius 3 is 3.06 bits per heavy atom. The minimum Gasteiger partial charge on any atom is -0.485 e. The number of rotatable bonds is 3. The largest absolute Gasteiger partial charge is 0.485 e. The molecule has 4 nitrogen and oxygen atoms in total. The molecule has 1 atom stereocenters. The lowest BCUT2D eigenvalue weighted by Gasteiger charge is -2.19. The van der Waals surface area contributed by atoms with E-state index in [4.69, 9.17) is 21.1 Å². The fraction of sp³-hybridized carbons (Fsp3) is 0.583. The number of hydrogen-bond donors (Lipinski definition) is 0. The monoisotopic (exact) mass is 287 g/mol. The molecule has 0 radical (unpaired) electrons. The van der Waals surface area contributed by atoms with Gasteiger partial charge in [0.15, 0.2) is 11.5 Å². The third-order valence-electron chi connectivity index (χ3n) is 3.22. The molecule has 2 aliphatic heterocycles. The van der Waals surface area contributed by atoms with Crippen molar-refractivity contribution >= 4 is 28.8 Å². The maximum absolute atomic E-state index is 11.8. The van der Waals surface area contributed by atoms with Crippen molar-refractivity contribution in [1.29, 1.82) is 0 Å². The standard InChI is InChI=1S/C12H14ClNO3S/c13-4-8-3-11(15)14(5-8)6-10-12-9(7-18-10)16-1-2-17-12/h7-8H,1-6H2. The van der Waals surface area contributed by atoms with E-state index < -0.39 is 0 Å². The number of carbonyl (C=O) groups excluding carboxylic acids is 1. The Balaban J connectivity index is 1.73. The van der Waals surface area contributed by atoms with Crippen molar-refractivity contribution < 1.29 is 14.3 Å². The van der Waals surface area contributed by atoms with Crippen molar-refractivity contribution in [3.05, 3.63) is 10.3 Å². The molecule has 6 heteroatoms. The molecule has 1 unspecified atom stereocenters. The Labute approximate surface area is 114 Å². The van der Waals surface area contributed by atoms with Gasteiger partial charge in [-0.15, -0.1) is 22.9 Å². The van der Waals surface area contributed by atoms with Crippen LogP contribution in [0.25, 0.3) is 0 Å². The molecule has 0 aromatic carbocycles. The van der Waals surface area contributed by atoms with Crippen molar-refractivity contribution in [3.8, 4) is 11.5 Å². The molecule has 3 heterocycles. The number of amides is 1. The summed E-state index contributed by atoms with van der Waals surface area (Å²) in [5, 5.41) is 1.95. The number of halogens is 1. The number of carbonyl (C=O) groups is 1. The number of thiophene rings is 1. The van der Waals surface area contributed by atoms with Crippen molar-refractivity contribution in [1.82, 2.24) is 4.90 Å². The summed E-state index contributed by atoms with van der Waals surface area (Å²) < 4.78 is 11.1. The minimum atomic E-state index is 0.180. The van der Waals surface area contributed by atoms with E-state index in [-0.39, 0.29) is 11.8 Å². The van der Waals surface area contributed by atoms with Crippen molar-refractivity contribution in [2.75, 3.05) is 25.6 Å². The van der Waals surface area contributed by atoms with Gasteiger partial charge in [-0.1, -0.05) is 0 Å². The van der Waals surface area contributed by atoms with E-state index in [1.165, 1.54) is 0 Å². The number of fused-ring (bicyclic) bond motifs is 1. The topological polar surface area (TPSA) is 38.8 Å². The zero-order valence-corrected chi connectivity index (χ0v) is 11.4. The number of likely N-dealkylation sites (tertiary alicyclic amines) is 1. The fourth-order valence-corrected chi connectivity index (χ4v) is 3.44. The van der Waals surface area contributed by atoms with Crippen molar-refractivity contribution in [2.24, 2.45) is 5.92 Å². The molecule has 0 spiro atoms. The SMILES string of the molecule is O=C1CC(CCl)CN1Cc1scc2c1OCCO2. The van der Waals surface area contributed by atoms with Gasteiger partial charge in [0.25, 0.3) is 0 Å². The van der Waals surface area contributed by atoms with Gasteiger partial charge in [0.1, 0.15) is 13.2 Å². The third kappa shape index (κ3) is 2.17. The molecule has 2 aliphatic rings. The summed E-state index contributed by atoms with van der Waals surface area (Å²) in [6.45, 7) is 2.53. The Morgan fingerprint density at radius 1 is 1.44 bits per heavy atom. The summed E-state index contributed by atoms with van der Waals surface area (Å²) in [6, 6.07) is 0. The van der Waals surface area contributed by atoms with E-state index in [1.807, 2.05) is 10.3 Å². The van der Waals surface area contributed by atoms with E-state index in [1.54, 1.807) is 11.3 Å². The first-order valence-electron chi connectivity index (χ1n) is 5.97. The van der Waals surface area contributed by atoms with Crippen LogP contribution in [-0.2, 0) is 11.3 Å². The lowest BCUT2D eigenvalue weighted by molar-refractivity contribution is -0.128. The first kappa shape index (κ1) is 12.1. The number of hydrogen-bond acceptors (Lipinski definition) is 4. The molecule has 0 saturated carbocycles. The van der Waals surface area contributed by atoms with Gasteiger partial charge in [-0.3, -0.25) is 4.79 Å². The normalized spacial score (nSPS) is 22.6. The highest BCUT2D eigenvalue weighted by Gasteiger charge is 2.30. The van der Waals surface area contributed by atoms with Gasteiger partial charge in [-0.25, -0.2) is 0 Å². The summed E-state index contributed by atoms with van der Waals surface area (Å²) in [5.41, 5.74) is 0. The van der Waals surface area contributed by atoms with E-state index in [0.29, 0.717) is 32.1 Å². The summed E-state index contributed by atoms with van der Waals surface area (Å²) in [4.78, 5) is 14.8. The lowest BCUT2D eigenvalue weighted by Crippen LogP contribution is -2.25. The fourth-order valence-electron chi connectivity index (χ4n) is 2.31. The zero-order valence-electron chi connectivity index (χ0n) is 9.86. The maximum Gasteiger partial charge on any atom is 0.223 e. The molecule has 0 aliphatic carbocycles. The van der Waals surface area contributed by atoms with Gasteiger partial charge in [-0.2, -0.15) is 0 Å². The highest BCUT2D eigenvalue weighted by Crippen LogP contribution is 2.40. The van der Waals surface area contributed by atoms with Gasteiger partial charge in [0.05, 0.1) is 11.4 Å². The van der Waals surface area contributed by atoms with Crippen LogP contribution in [-0.4, -0.2) is 36.4 Å². The van der Waals surface area contributed by atoms with Gasteiger partial charge in [-0.05, 0) is 5.92 Å². The summed E-state index contributed by atoms with van der Waals surface area (Å²) >= 11 is 7.40. The Kier molecular flexibility index (Phi) is 3.35. The summed E-state index contributed by atoms with van der Waals surface area (Å²) in [7, 11) is 0. The maximum atomic E-state index is 11.8. The Hall–Kier alpha value is -0.940. The molecule has 1 aromatic rings. The molecule has 1 aromatic heterocycles.